The van der Waals surface area contributed by atoms with E-state index in [0.717, 1.165) is 18.2 Å². The van der Waals surface area contributed by atoms with E-state index in [1.807, 2.05) is 0 Å². The van der Waals surface area contributed by atoms with Gasteiger partial charge in [-0.05, 0) is 36.8 Å². The number of hydrogen-bond donors (Lipinski definition) is 2. The van der Waals surface area contributed by atoms with Crippen molar-refractivity contribution in [3.05, 3.63) is 59.7 Å². The maximum absolute atomic E-state index is 13.1. The third kappa shape index (κ3) is 4.78. The van der Waals surface area contributed by atoms with Crippen LogP contribution in [0.5, 0.6) is 11.5 Å². The zero-order chi connectivity index (χ0) is 19.4. The highest BCUT2D eigenvalue weighted by Gasteiger charge is 2.32. The fraction of sp³-hybridized carbons (Fsp3) is 0.263. The Morgan fingerprint density at radius 2 is 1.89 bits per heavy atom. The van der Waals surface area contributed by atoms with Crippen LogP contribution in [0.15, 0.2) is 48.5 Å². The van der Waals surface area contributed by atoms with Crippen LogP contribution in [-0.2, 0) is 11.0 Å². The number of nitrogens with one attached hydrogen (secondary N) is 2. The second kappa shape index (κ2) is 7.69. The van der Waals surface area contributed by atoms with Crippen LogP contribution in [0.3, 0.4) is 0 Å². The first kappa shape index (κ1) is 18.8. The van der Waals surface area contributed by atoms with E-state index in [2.05, 4.69) is 10.6 Å². The molecule has 1 fully saturated rings. The van der Waals surface area contributed by atoms with Crippen molar-refractivity contribution in [2.24, 2.45) is 0 Å². The lowest BCUT2D eigenvalue weighted by atomic mass is 10.0. The summed E-state index contributed by atoms with van der Waals surface area (Å²) in [7, 11) is 0. The molecule has 0 saturated carbocycles. The molecule has 3 rings (SSSR count). The molecule has 1 atom stereocenters. The molecule has 2 aromatic rings. The van der Waals surface area contributed by atoms with Crippen LogP contribution in [0.25, 0.3) is 0 Å². The summed E-state index contributed by atoms with van der Waals surface area (Å²) in [5, 5.41) is 5.26. The molecule has 142 valence electrons. The summed E-state index contributed by atoms with van der Waals surface area (Å²) in [6.45, 7) is 0.403. The van der Waals surface area contributed by atoms with Crippen LogP contribution >= 0.6 is 0 Å². The summed E-state index contributed by atoms with van der Waals surface area (Å²) in [6, 6.07) is 10.7. The molecule has 1 unspecified atom stereocenters. The third-order valence-electron chi connectivity index (χ3n) is 4.10. The number of piperidine rings is 1. The summed E-state index contributed by atoms with van der Waals surface area (Å²) < 4.78 is 44.8. The number of ether oxygens (including phenoxy) is 1. The second-order valence-electron chi connectivity index (χ2n) is 6.14. The second-order valence-corrected chi connectivity index (χ2v) is 6.14. The first-order valence-corrected chi connectivity index (χ1v) is 8.34. The SMILES string of the molecule is O=C1CC(NC(=O)c2cc(C(F)(F)F)ccc2Oc2ccccc2)CCN1. The number of benzene rings is 2. The van der Waals surface area contributed by atoms with Gasteiger partial charge in [-0.3, -0.25) is 9.59 Å². The van der Waals surface area contributed by atoms with Gasteiger partial charge in [0.25, 0.3) is 5.91 Å². The number of amides is 2. The summed E-state index contributed by atoms with van der Waals surface area (Å²) in [4.78, 5) is 24.1. The maximum Gasteiger partial charge on any atom is 0.416 e. The van der Waals surface area contributed by atoms with E-state index in [1.54, 1.807) is 30.3 Å². The Balaban J connectivity index is 1.89. The normalized spacial score (nSPS) is 17.1. The maximum atomic E-state index is 13.1. The van der Waals surface area contributed by atoms with Gasteiger partial charge in [0, 0.05) is 19.0 Å². The zero-order valence-corrected chi connectivity index (χ0v) is 14.2. The minimum atomic E-state index is -4.59. The molecule has 0 aromatic heterocycles. The van der Waals surface area contributed by atoms with Crippen molar-refractivity contribution in [3.8, 4) is 11.5 Å². The van der Waals surface area contributed by atoms with Gasteiger partial charge in [-0.1, -0.05) is 18.2 Å². The molecule has 0 bridgehead atoms. The van der Waals surface area contributed by atoms with Crippen LogP contribution < -0.4 is 15.4 Å². The van der Waals surface area contributed by atoms with Gasteiger partial charge >= 0.3 is 6.18 Å². The van der Waals surface area contributed by atoms with Crippen molar-refractivity contribution in [2.75, 3.05) is 6.54 Å². The van der Waals surface area contributed by atoms with Crippen LogP contribution in [-0.4, -0.2) is 24.4 Å². The fourth-order valence-corrected chi connectivity index (χ4v) is 2.76. The van der Waals surface area contributed by atoms with E-state index in [-0.39, 0.29) is 23.6 Å². The number of alkyl halides is 3. The van der Waals surface area contributed by atoms with Gasteiger partial charge in [0.15, 0.2) is 0 Å². The first-order chi connectivity index (χ1) is 12.8. The molecule has 1 aliphatic rings. The predicted molar refractivity (Wildman–Crippen MR) is 91.5 cm³/mol. The Morgan fingerprint density at radius 3 is 2.56 bits per heavy atom. The number of halogens is 3. The Morgan fingerprint density at radius 1 is 1.15 bits per heavy atom. The Bertz CT molecular complexity index is 838. The molecule has 2 amide bonds. The lowest BCUT2D eigenvalue weighted by Gasteiger charge is -2.23. The number of carbonyl (C=O) groups excluding carboxylic acids is 2. The molecule has 8 heteroatoms. The van der Waals surface area contributed by atoms with Crippen molar-refractivity contribution >= 4 is 11.8 Å². The third-order valence-corrected chi connectivity index (χ3v) is 4.10. The van der Waals surface area contributed by atoms with Crippen molar-refractivity contribution in [3.63, 3.8) is 0 Å². The topological polar surface area (TPSA) is 67.4 Å². The van der Waals surface area contributed by atoms with Crippen molar-refractivity contribution in [2.45, 2.75) is 25.1 Å². The van der Waals surface area contributed by atoms with Crippen molar-refractivity contribution in [1.82, 2.24) is 10.6 Å². The summed E-state index contributed by atoms with van der Waals surface area (Å²) >= 11 is 0. The van der Waals surface area contributed by atoms with Gasteiger partial charge in [0.2, 0.25) is 5.91 Å². The predicted octanol–water partition coefficient (Wildman–Crippen LogP) is 3.51. The van der Waals surface area contributed by atoms with E-state index in [9.17, 15) is 22.8 Å². The number of hydrogen-bond acceptors (Lipinski definition) is 3. The molecule has 27 heavy (non-hydrogen) atoms. The number of para-hydroxylation sites is 1. The van der Waals surface area contributed by atoms with E-state index in [1.165, 1.54) is 0 Å². The van der Waals surface area contributed by atoms with E-state index < -0.39 is 23.7 Å². The molecule has 1 heterocycles. The largest absolute Gasteiger partial charge is 0.457 e. The van der Waals surface area contributed by atoms with Crippen molar-refractivity contribution in [1.29, 1.82) is 0 Å². The summed E-state index contributed by atoms with van der Waals surface area (Å²) in [5.41, 5.74) is -1.19. The Kier molecular flexibility index (Phi) is 5.34. The van der Waals surface area contributed by atoms with Crippen molar-refractivity contribution < 1.29 is 27.5 Å². The molecular formula is C19H17F3N2O3. The molecule has 0 radical (unpaired) electrons. The van der Waals surface area contributed by atoms with Crippen LogP contribution in [0.1, 0.15) is 28.8 Å². The van der Waals surface area contributed by atoms with Gasteiger partial charge in [-0.2, -0.15) is 13.2 Å². The molecule has 1 aliphatic heterocycles. The molecule has 1 saturated heterocycles. The van der Waals surface area contributed by atoms with Gasteiger partial charge in [0.1, 0.15) is 11.5 Å². The number of rotatable bonds is 4. The zero-order valence-electron chi connectivity index (χ0n) is 14.2. The number of carbonyl (C=O) groups is 2. The average molecular weight is 378 g/mol. The van der Waals surface area contributed by atoms with Gasteiger partial charge < -0.3 is 15.4 Å². The van der Waals surface area contributed by atoms with Gasteiger partial charge in [-0.25, -0.2) is 0 Å². The van der Waals surface area contributed by atoms with Crippen LogP contribution in [0.2, 0.25) is 0 Å². The van der Waals surface area contributed by atoms with Gasteiger partial charge in [-0.15, -0.1) is 0 Å². The molecular weight excluding hydrogens is 361 g/mol. The monoisotopic (exact) mass is 378 g/mol. The summed E-state index contributed by atoms with van der Waals surface area (Å²) in [5.74, 6) is -0.529. The van der Waals surface area contributed by atoms with Gasteiger partial charge in [0.05, 0.1) is 11.1 Å². The lowest BCUT2D eigenvalue weighted by Crippen LogP contribution is -2.45. The minimum absolute atomic E-state index is 0.00645. The average Bonchev–Trinajstić information content (AvgIpc) is 2.62. The van der Waals surface area contributed by atoms with Crippen LogP contribution in [0.4, 0.5) is 13.2 Å². The standard InChI is InChI=1S/C19H17F3N2O3/c20-19(21,22)12-6-7-16(27-14-4-2-1-3-5-14)15(10-12)18(26)24-13-8-9-23-17(25)11-13/h1-7,10,13H,8-9,11H2,(H,23,25)(H,24,26). The van der Waals surface area contributed by atoms with E-state index in [0.29, 0.717) is 18.7 Å². The summed E-state index contributed by atoms with van der Waals surface area (Å²) in [6.07, 6.45) is -4.00. The molecule has 0 aliphatic carbocycles. The lowest BCUT2D eigenvalue weighted by molar-refractivity contribution is -0.137. The van der Waals surface area contributed by atoms with E-state index in [4.69, 9.17) is 4.74 Å². The highest BCUT2D eigenvalue weighted by molar-refractivity contribution is 5.97. The molecule has 2 N–H and O–H groups in total. The van der Waals surface area contributed by atoms with Crippen LogP contribution in [0, 0.1) is 0 Å². The highest BCUT2D eigenvalue weighted by atomic mass is 19.4. The minimum Gasteiger partial charge on any atom is -0.457 e. The smallest absolute Gasteiger partial charge is 0.416 e. The molecule has 2 aromatic carbocycles. The molecule has 0 spiro atoms. The quantitative estimate of drug-likeness (QED) is 0.856. The van der Waals surface area contributed by atoms with E-state index >= 15 is 0 Å². The fourth-order valence-electron chi connectivity index (χ4n) is 2.76. The molecule has 5 nitrogen and oxygen atoms in total. The first-order valence-electron chi connectivity index (χ1n) is 8.34. The Hall–Kier alpha value is -3.03. The Labute approximate surface area is 153 Å². The highest BCUT2D eigenvalue weighted by Crippen LogP contribution is 2.34.